The minimum Gasteiger partial charge on any atom is -0.379 e. The van der Waals surface area contributed by atoms with E-state index >= 15 is 0 Å². The van der Waals surface area contributed by atoms with Gasteiger partial charge in [-0.25, -0.2) is 8.42 Å². The number of carbonyl (C=O) groups is 1. The highest BCUT2D eigenvalue weighted by Crippen LogP contribution is 2.29. The number of nitrogens with one attached hydrogen (secondary N) is 1. The summed E-state index contributed by atoms with van der Waals surface area (Å²) >= 11 is 0. The van der Waals surface area contributed by atoms with Crippen molar-refractivity contribution in [2.24, 2.45) is 0 Å². The quantitative estimate of drug-likeness (QED) is 0.646. The minimum absolute atomic E-state index is 0.00576. The van der Waals surface area contributed by atoms with E-state index in [0.29, 0.717) is 32.7 Å². The van der Waals surface area contributed by atoms with Crippen LogP contribution in [0.5, 0.6) is 0 Å². The molecule has 1 fully saturated rings. The molecule has 1 heterocycles. The highest BCUT2D eigenvalue weighted by Gasteiger charge is 2.30. The molecule has 10 heteroatoms. The smallest absolute Gasteiger partial charge is 0.379 e. The van der Waals surface area contributed by atoms with Gasteiger partial charge in [0.05, 0.1) is 30.2 Å². The normalized spacial score (nSPS) is 14.9. The standard InChI is InChI=1S/C23H23F3N2O4S/c24-23(25,26)20-5-1-3-19(17-20)4-2-12-27-22(29)11-8-18-6-9-21(10-7-18)33(30,31)28-13-15-32-16-14-28/h1,3,5-7,9-10,17H,8,11-16H2,(H,27,29). The fourth-order valence-corrected chi connectivity index (χ4v) is 4.58. The van der Waals surface area contributed by atoms with Gasteiger partial charge in [0.2, 0.25) is 15.9 Å². The lowest BCUT2D eigenvalue weighted by atomic mass is 10.1. The van der Waals surface area contributed by atoms with Crippen LogP contribution >= 0.6 is 0 Å². The van der Waals surface area contributed by atoms with Gasteiger partial charge in [-0.1, -0.05) is 30.0 Å². The summed E-state index contributed by atoms with van der Waals surface area (Å²) in [5, 5.41) is 2.60. The number of sulfonamides is 1. The van der Waals surface area contributed by atoms with Crippen molar-refractivity contribution in [2.45, 2.75) is 23.9 Å². The Morgan fingerprint density at radius 3 is 2.45 bits per heavy atom. The molecule has 1 amide bonds. The second-order valence-electron chi connectivity index (χ2n) is 7.32. The molecule has 2 aromatic rings. The Morgan fingerprint density at radius 2 is 1.79 bits per heavy atom. The zero-order valence-electron chi connectivity index (χ0n) is 17.7. The first-order chi connectivity index (χ1) is 15.7. The summed E-state index contributed by atoms with van der Waals surface area (Å²) in [5.41, 5.74) is 0.245. The number of rotatable bonds is 6. The molecule has 0 saturated carbocycles. The summed E-state index contributed by atoms with van der Waals surface area (Å²) < 4.78 is 69.9. The number of hydrogen-bond donors (Lipinski definition) is 1. The van der Waals surface area contributed by atoms with Crippen LogP contribution in [0.3, 0.4) is 0 Å². The topological polar surface area (TPSA) is 75.7 Å². The first kappa shape index (κ1) is 24.8. The minimum atomic E-state index is -4.43. The monoisotopic (exact) mass is 480 g/mol. The molecular weight excluding hydrogens is 457 g/mol. The molecule has 1 aliphatic heterocycles. The van der Waals surface area contributed by atoms with Crippen LogP contribution < -0.4 is 5.32 Å². The van der Waals surface area contributed by atoms with Gasteiger partial charge < -0.3 is 10.1 Å². The molecule has 0 aromatic heterocycles. The maximum absolute atomic E-state index is 12.7. The molecule has 0 unspecified atom stereocenters. The van der Waals surface area contributed by atoms with E-state index in [4.69, 9.17) is 4.74 Å². The fraction of sp³-hybridized carbons (Fsp3) is 0.348. The van der Waals surface area contributed by atoms with Crippen molar-refractivity contribution < 1.29 is 31.1 Å². The van der Waals surface area contributed by atoms with E-state index in [0.717, 1.165) is 17.7 Å². The van der Waals surface area contributed by atoms with E-state index in [1.165, 1.54) is 28.6 Å². The molecule has 6 nitrogen and oxygen atoms in total. The molecule has 1 N–H and O–H groups in total. The van der Waals surface area contributed by atoms with E-state index < -0.39 is 21.8 Å². The molecule has 33 heavy (non-hydrogen) atoms. The third kappa shape index (κ3) is 7.05. The third-order valence-corrected chi connectivity index (χ3v) is 6.88. The van der Waals surface area contributed by atoms with Gasteiger partial charge in [-0.3, -0.25) is 4.79 Å². The SMILES string of the molecule is O=C(CCc1ccc(S(=O)(=O)N2CCOCC2)cc1)NCC#Cc1cccc(C(F)(F)F)c1. The summed E-state index contributed by atoms with van der Waals surface area (Å²) in [6.07, 6.45) is -3.86. The number of hydrogen-bond acceptors (Lipinski definition) is 4. The Balaban J connectivity index is 1.46. The largest absolute Gasteiger partial charge is 0.416 e. The van der Waals surface area contributed by atoms with E-state index in [1.54, 1.807) is 12.1 Å². The van der Waals surface area contributed by atoms with E-state index in [-0.39, 0.29) is 29.3 Å². The molecule has 0 spiro atoms. The predicted molar refractivity (Wildman–Crippen MR) is 116 cm³/mol. The van der Waals surface area contributed by atoms with Gasteiger partial charge in [0.1, 0.15) is 0 Å². The van der Waals surface area contributed by atoms with E-state index in [9.17, 15) is 26.4 Å². The number of aryl methyl sites for hydroxylation is 1. The van der Waals surface area contributed by atoms with Gasteiger partial charge in [-0.2, -0.15) is 17.5 Å². The zero-order chi connectivity index (χ0) is 23.9. The second kappa shape index (κ2) is 10.8. The molecule has 0 atom stereocenters. The van der Waals surface area contributed by atoms with Crippen LogP contribution in [0.4, 0.5) is 13.2 Å². The number of ether oxygens (including phenoxy) is 1. The van der Waals surface area contributed by atoms with Gasteiger partial charge in [0.15, 0.2) is 0 Å². The number of carbonyl (C=O) groups excluding carboxylic acids is 1. The van der Waals surface area contributed by atoms with Crippen LogP contribution in [0.1, 0.15) is 23.1 Å². The number of benzene rings is 2. The highest BCUT2D eigenvalue weighted by molar-refractivity contribution is 7.89. The highest BCUT2D eigenvalue weighted by atomic mass is 32.2. The molecule has 176 valence electrons. The van der Waals surface area contributed by atoms with Gasteiger partial charge in [-0.05, 0) is 42.3 Å². The summed E-state index contributed by atoms with van der Waals surface area (Å²) in [6, 6.07) is 11.1. The number of halogens is 3. The average molecular weight is 481 g/mol. The molecule has 1 aliphatic rings. The Morgan fingerprint density at radius 1 is 1.09 bits per heavy atom. The van der Waals surface area contributed by atoms with Gasteiger partial charge in [0.25, 0.3) is 0 Å². The average Bonchev–Trinajstić information content (AvgIpc) is 2.81. The summed E-state index contributed by atoms with van der Waals surface area (Å²) in [7, 11) is -3.56. The van der Waals surface area contributed by atoms with Crippen molar-refractivity contribution in [3.05, 3.63) is 65.2 Å². The lowest BCUT2D eigenvalue weighted by molar-refractivity contribution is -0.137. The van der Waals surface area contributed by atoms with Crippen LogP contribution in [0.2, 0.25) is 0 Å². The van der Waals surface area contributed by atoms with Crippen LogP contribution in [-0.2, 0) is 32.2 Å². The second-order valence-corrected chi connectivity index (χ2v) is 9.26. The van der Waals surface area contributed by atoms with E-state index in [2.05, 4.69) is 17.2 Å². The van der Waals surface area contributed by atoms with Crippen molar-refractivity contribution in [3.8, 4) is 11.8 Å². The maximum atomic E-state index is 12.7. The lowest BCUT2D eigenvalue weighted by Crippen LogP contribution is -2.40. The third-order valence-electron chi connectivity index (χ3n) is 4.97. The molecule has 1 saturated heterocycles. The molecule has 0 radical (unpaired) electrons. The van der Waals surface area contributed by atoms with Gasteiger partial charge in [-0.15, -0.1) is 0 Å². The molecular formula is C23H23F3N2O4S. The van der Waals surface area contributed by atoms with Crippen LogP contribution in [-0.4, -0.2) is 51.5 Å². The lowest BCUT2D eigenvalue weighted by Gasteiger charge is -2.26. The van der Waals surface area contributed by atoms with Gasteiger partial charge in [0, 0.05) is 25.1 Å². The predicted octanol–water partition coefficient (Wildman–Crippen LogP) is 2.83. The summed E-state index contributed by atoms with van der Waals surface area (Å²) in [6.45, 7) is 1.39. The van der Waals surface area contributed by atoms with Crippen molar-refractivity contribution in [1.82, 2.24) is 9.62 Å². The molecule has 3 rings (SSSR count). The summed E-state index contributed by atoms with van der Waals surface area (Å²) in [5.74, 6) is 4.97. The van der Waals surface area contributed by atoms with Crippen LogP contribution in [0, 0.1) is 11.8 Å². The van der Waals surface area contributed by atoms with Gasteiger partial charge >= 0.3 is 6.18 Å². The zero-order valence-corrected chi connectivity index (χ0v) is 18.5. The van der Waals surface area contributed by atoms with E-state index in [1.807, 2.05) is 0 Å². The van der Waals surface area contributed by atoms with Crippen molar-refractivity contribution >= 4 is 15.9 Å². The Kier molecular flexibility index (Phi) is 8.13. The fourth-order valence-electron chi connectivity index (χ4n) is 3.17. The maximum Gasteiger partial charge on any atom is 0.416 e. The van der Waals surface area contributed by atoms with Crippen LogP contribution in [0.25, 0.3) is 0 Å². The number of morpholine rings is 1. The first-order valence-electron chi connectivity index (χ1n) is 10.3. The first-order valence-corrected chi connectivity index (χ1v) is 11.7. The molecule has 0 aliphatic carbocycles. The van der Waals surface area contributed by atoms with Crippen molar-refractivity contribution in [2.75, 3.05) is 32.8 Å². The Bertz CT molecular complexity index is 1130. The van der Waals surface area contributed by atoms with Crippen LogP contribution in [0.15, 0.2) is 53.4 Å². The number of alkyl halides is 3. The summed E-state index contributed by atoms with van der Waals surface area (Å²) in [4.78, 5) is 12.2. The van der Waals surface area contributed by atoms with Crippen molar-refractivity contribution in [3.63, 3.8) is 0 Å². The Hall–Kier alpha value is -2.87. The number of amides is 1. The van der Waals surface area contributed by atoms with Crippen molar-refractivity contribution in [1.29, 1.82) is 0 Å². The number of nitrogens with zero attached hydrogens (tertiary/aromatic N) is 1. The Labute approximate surface area is 190 Å². The molecule has 0 bridgehead atoms. The molecule has 2 aromatic carbocycles.